The van der Waals surface area contributed by atoms with Gasteiger partial charge < -0.3 is 9.73 Å². The van der Waals surface area contributed by atoms with Gasteiger partial charge in [-0.15, -0.1) is 10.2 Å². The van der Waals surface area contributed by atoms with Crippen molar-refractivity contribution < 1.29 is 4.42 Å². The molecular formula is C12H12N4O. The lowest BCUT2D eigenvalue weighted by Gasteiger charge is -2.00. The highest BCUT2D eigenvalue weighted by Crippen LogP contribution is 2.29. The molecule has 0 aliphatic rings. The topological polar surface area (TPSA) is 55.9 Å². The first-order valence-corrected chi connectivity index (χ1v) is 5.35. The van der Waals surface area contributed by atoms with E-state index >= 15 is 0 Å². The summed E-state index contributed by atoms with van der Waals surface area (Å²) < 4.78 is 7.40. The molecule has 0 amide bonds. The number of nitrogens with one attached hydrogen (secondary N) is 1. The van der Waals surface area contributed by atoms with Gasteiger partial charge in [-0.25, -0.2) is 0 Å². The Morgan fingerprint density at radius 3 is 2.82 bits per heavy atom. The summed E-state index contributed by atoms with van der Waals surface area (Å²) in [4.78, 5) is 0. The van der Waals surface area contributed by atoms with E-state index in [0.29, 0.717) is 0 Å². The van der Waals surface area contributed by atoms with Crippen molar-refractivity contribution in [2.75, 3.05) is 12.4 Å². The molecule has 2 aromatic heterocycles. The van der Waals surface area contributed by atoms with Crippen LogP contribution in [-0.2, 0) is 7.05 Å². The van der Waals surface area contributed by atoms with Crippen LogP contribution in [0, 0.1) is 0 Å². The van der Waals surface area contributed by atoms with Crippen LogP contribution in [0.25, 0.3) is 22.4 Å². The summed E-state index contributed by atoms with van der Waals surface area (Å²) in [5.74, 6) is 1.52. The average molecular weight is 228 g/mol. The van der Waals surface area contributed by atoms with Crippen molar-refractivity contribution in [2.24, 2.45) is 7.05 Å². The fourth-order valence-corrected chi connectivity index (χ4v) is 1.93. The van der Waals surface area contributed by atoms with Gasteiger partial charge in [-0.05, 0) is 6.07 Å². The van der Waals surface area contributed by atoms with Crippen LogP contribution in [-0.4, -0.2) is 21.8 Å². The molecule has 0 bridgehead atoms. The Labute approximate surface area is 98.1 Å². The fourth-order valence-electron chi connectivity index (χ4n) is 1.93. The zero-order valence-corrected chi connectivity index (χ0v) is 9.64. The molecule has 0 spiro atoms. The number of para-hydroxylation sites is 1. The molecule has 0 fully saturated rings. The van der Waals surface area contributed by atoms with Crippen molar-refractivity contribution in [2.45, 2.75) is 0 Å². The standard InChI is InChI=1S/C12H12N4O/c1-13-12-15-14-11(16(12)2)9-7-17-10-6-4-3-5-8(9)10/h3-7H,1-2H3,(H,13,15). The van der Waals surface area contributed by atoms with Gasteiger partial charge in [0, 0.05) is 19.5 Å². The molecule has 1 N–H and O–H groups in total. The van der Waals surface area contributed by atoms with Crippen molar-refractivity contribution >= 4 is 16.9 Å². The van der Waals surface area contributed by atoms with Crippen LogP contribution in [0.4, 0.5) is 5.95 Å². The van der Waals surface area contributed by atoms with Gasteiger partial charge in [-0.2, -0.15) is 0 Å². The predicted octanol–water partition coefficient (Wildman–Crippen LogP) is 2.27. The Balaban J connectivity index is 2.24. The van der Waals surface area contributed by atoms with Gasteiger partial charge in [0.05, 0.1) is 5.56 Å². The number of furan rings is 1. The molecule has 0 atom stereocenters. The zero-order valence-electron chi connectivity index (χ0n) is 9.64. The number of anilines is 1. The number of benzene rings is 1. The molecule has 3 rings (SSSR count). The highest BCUT2D eigenvalue weighted by molar-refractivity contribution is 5.92. The van der Waals surface area contributed by atoms with E-state index in [1.54, 1.807) is 6.26 Å². The van der Waals surface area contributed by atoms with Gasteiger partial charge in [0.2, 0.25) is 5.95 Å². The number of hydrogen-bond donors (Lipinski definition) is 1. The van der Waals surface area contributed by atoms with Gasteiger partial charge in [-0.1, -0.05) is 18.2 Å². The Morgan fingerprint density at radius 2 is 2.06 bits per heavy atom. The predicted molar refractivity (Wildman–Crippen MR) is 65.8 cm³/mol. The molecule has 3 aromatic rings. The highest BCUT2D eigenvalue weighted by atomic mass is 16.3. The Hall–Kier alpha value is -2.30. The first-order chi connectivity index (χ1) is 8.31. The second-order valence-corrected chi connectivity index (χ2v) is 3.80. The number of fused-ring (bicyclic) bond motifs is 1. The van der Waals surface area contributed by atoms with E-state index in [1.165, 1.54) is 0 Å². The molecule has 0 aliphatic heterocycles. The van der Waals surface area contributed by atoms with Crippen LogP contribution >= 0.6 is 0 Å². The highest BCUT2D eigenvalue weighted by Gasteiger charge is 2.14. The lowest BCUT2D eigenvalue weighted by Crippen LogP contribution is -1.99. The third-order valence-corrected chi connectivity index (χ3v) is 2.82. The van der Waals surface area contributed by atoms with Gasteiger partial charge in [0.25, 0.3) is 0 Å². The first-order valence-electron chi connectivity index (χ1n) is 5.35. The van der Waals surface area contributed by atoms with E-state index in [2.05, 4.69) is 15.5 Å². The molecule has 5 nitrogen and oxygen atoms in total. The lowest BCUT2D eigenvalue weighted by atomic mass is 10.2. The van der Waals surface area contributed by atoms with Crippen LogP contribution in [0.1, 0.15) is 0 Å². The van der Waals surface area contributed by atoms with E-state index in [0.717, 1.165) is 28.3 Å². The second kappa shape index (κ2) is 3.62. The zero-order chi connectivity index (χ0) is 11.8. The first kappa shape index (κ1) is 9.89. The molecule has 0 unspecified atom stereocenters. The van der Waals surface area contributed by atoms with Crippen molar-refractivity contribution in [1.29, 1.82) is 0 Å². The van der Waals surface area contributed by atoms with Crippen LogP contribution in [0.2, 0.25) is 0 Å². The molecular weight excluding hydrogens is 216 g/mol. The molecule has 86 valence electrons. The van der Waals surface area contributed by atoms with Gasteiger partial charge >= 0.3 is 0 Å². The smallest absolute Gasteiger partial charge is 0.224 e. The molecule has 0 saturated heterocycles. The monoisotopic (exact) mass is 228 g/mol. The Morgan fingerprint density at radius 1 is 1.24 bits per heavy atom. The molecule has 1 aromatic carbocycles. The van der Waals surface area contributed by atoms with Crippen LogP contribution < -0.4 is 5.32 Å². The Kier molecular flexibility index (Phi) is 2.11. The summed E-state index contributed by atoms with van der Waals surface area (Å²) >= 11 is 0. The molecule has 2 heterocycles. The van der Waals surface area contributed by atoms with Crippen molar-refractivity contribution in [3.8, 4) is 11.4 Å². The largest absolute Gasteiger partial charge is 0.464 e. The minimum absolute atomic E-state index is 0.727. The van der Waals surface area contributed by atoms with Gasteiger partial charge in [-0.3, -0.25) is 4.57 Å². The minimum Gasteiger partial charge on any atom is -0.464 e. The maximum absolute atomic E-state index is 5.50. The third kappa shape index (κ3) is 1.39. The van der Waals surface area contributed by atoms with E-state index in [4.69, 9.17) is 4.42 Å². The maximum Gasteiger partial charge on any atom is 0.224 e. The average Bonchev–Trinajstić information content (AvgIpc) is 2.92. The fraction of sp³-hybridized carbons (Fsp3) is 0.167. The molecule has 5 heteroatoms. The summed E-state index contributed by atoms with van der Waals surface area (Å²) in [6.07, 6.45) is 1.72. The number of rotatable bonds is 2. The number of hydrogen-bond acceptors (Lipinski definition) is 4. The molecule has 17 heavy (non-hydrogen) atoms. The van der Waals surface area contributed by atoms with Crippen LogP contribution in [0.3, 0.4) is 0 Å². The number of aromatic nitrogens is 3. The van der Waals surface area contributed by atoms with E-state index < -0.39 is 0 Å². The third-order valence-electron chi connectivity index (χ3n) is 2.82. The molecule has 0 aliphatic carbocycles. The van der Waals surface area contributed by atoms with Gasteiger partial charge in [0.1, 0.15) is 11.8 Å². The minimum atomic E-state index is 0.727. The number of nitrogens with zero attached hydrogens (tertiary/aromatic N) is 3. The van der Waals surface area contributed by atoms with E-state index in [1.807, 2.05) is 42.9 Å². The lowest BCUT2D eigenvalue weighted by molar-refractivity contribution is 0.616. The van der Waals surface area contributed by atoms with Crippen molar-refractivity contribution in [3.63, 3.8) is 0 Å². The van der Waals surface area contributed by atoms with Crippen molar-refractivity contribution in [3.05, 3.63) is 30.5 Å². The second-order valence-electron chi connectivity index (χ2n) is 3.80. The normalized spacial score (nSPS) is 10.9. The van der Waals surface area contributed by atoms with Crippen molar-refractivity contribution in [1.82, 2.24) is 14.8 Å². The molecule has 0 saturated carbocycles. The van der Waals surface area contributed by atoms with Gasteiger partial charge in [0.15, 0.2) is 5.82 Å². The van der Waals surface area contributed by atoms with E-state index in [-0.39, 0.29) is 0 Å². The summed E-state index contributed by atoms with van der Waals surface area (Å²) in [5.41, 5.74) is 1.81. The summed E-state index contributed by atoms with van der Waals surface area (Å²) in [6, 6.07) is 7.89. The summed E-state index contributed by atoms with van der Waals surface area (Å²) in [5, 5.41) is 12.3. The SMILES string of the molecule is CNc1nnc(-c2coc3ccccc23)n1C. The Bertz CT molecular complexity index is 668. The van der Waals surface area contributed by atoms with Crippen LogP contribution in [0.5, 0.6) is 0 Å². The maximum atomic E-state index is 5.50. The molecule has 0 radical (unpaired) electrons. The summed E-state index contributed by atoms with van der Waals surface area (Å²) in [7, 11) is 3.74. The van der Waals surface area contributed by atoms with E-state index in [9.17, 15) is 0 Å². The summed E-state index contributed by atoms with van der Waals surface area (Å²) in [6.45, 7) is 0. The quantitative estimate of drug-likeness (QED) is 0.731. The van der Waals surface area contributed by atoms with Crippen LogP contribution in [0.15, 0.2) is 34.9 Å².